The maximum absolute atomic E-state index is 2.50. The second kappa shape index (κ2) is 3.29. The van der Waals surface area contributed by atoms with E-state index in [-0.39, 0.29) is 0 Å². The van der Waals surface area contributed by atoms with E-state index in [0.29, 0.717) is 0 Å². The topological polar surface area (TPSA) is 0 Å². The van der Waals surface area contributed by atoms with Crippen molar-refractivity contribution in [2.75, 3.05) is 0 Å². The van der Waals surface area contributed by atoms with Crippen LogP contribution in [0.15, 0.2) is 0 Å². The van der Waals surface area contributed by atoms with Crippen LogP contribution in [0.1, 0.15) is 71.6 Å². The second-order valence-corrected chi connectivity index (χ2v) is 5.87. The highest BCUT2D eigenvalue weighted by molar-refractivity contribution is 4.91. The van der Waals surface area contributed by atoms with Gasteiger partial charge in [-0.2, -0.15) is 0 Å². The summed E-state index contributed by atoms with van der Waals surface area (Å²) in [5.74, 6) is 0. The molecule has 0 heteroatoms. The van der Waals surface area contributed by atoms with E-state index in [2.05, 4.69) is 13.8 Å². The molecule has 2 fully saturated rings. The average Bonchev–Trinajstić information content (AvgIpc) is 2.00. The van der Waals surface area contributed by atoms with Gasteiger partial charge in [-0.1, -0.05) is 33.1 Å². The Morgan fingerprint density at radius 3 is 1.85 bits per heavy atom. The van der Waals surface area contributed by atoms with Gasteiger partial charge in [-0.25, -0.2) is 0 Å². The van der Waals surface area contributed by atoms with E-state index in [0.717, 1.165) is 10.8 Å². The van der Waals surface area contributed by atoms with E-state index in [9.17, 15) is 0 Å². The lowest BCUT2D eigenvalue weighted by Gasteiger charge is -2.46. The Labute approximate surface area is 83.1 Å². The number of hydrogen-bond donors (Lipinski definition) is 0. The predicted molar refractivity (Wildman–Crippen MR) is 57.8 cm³/mol. The molecule has 13 heavy (non-hydrogen) atoms. The van der Waals surface area contributed by atoms with Crippen LogP contribution in [0.5, 0.6) is 0 Å². The van der Waals surface area contributed by atoms with Crippen LogP contribution in [-0.2, 0) is 0 Å². The van der Waals surface area contributed by atoms with Crippen LogP contribution in [0, 0.1) is 10.8 Å². The van der Waals surface area contributed by atoms with Crippen LogP contribution < -0.4 is 0 Å². The van der Waals surface area contributed by atoms with Crippen molar-refractivity contribution in [1.82, 2.24) is 0 Å². The highest BCUT2D eigenvalue weighted by Crippen LogP contribution is 2.52. The van der Waals surface area contributed by atoms with Crippen molar-refractivity contribution >= 4 is 0 Å². The minimum atomic E-state index is 0.762. The molecule has 0 unspecified atom stereocenters. The molecule has 0 bridgehead atoms. The molecule has 76 valence electrons. The molecule has 0 atom stereocenters. The van der Waals surface area contributed by atoms with Gasteiger partial charge in [0.25, 0.3) is 0 Å². The summed E-state index contributed by atoms with van der Waals surface area (Å²) in [7, 11) is 0. The summed E-state index contributed by atoms with van der Waals surface area (Å²) >= 11 is 0. The first kappa shape index (κ1) is 9.55. The summed E-state index contributed by atoms with van der Waals surface area (Å²) in [6.07, 6.45) is 13.5. The van der Waals surface area contributed by atoms with E-state index in [1.807, 2.05) is 0 Å². The van der Waals surface area contributed by atoms with Crippen molar-refractivity contribution < 1.29 is 0 Å². The molecular formula is C13H24. The third-order valence-corrected chi connectivity index (χ3v) is 4.98. The van der Waals surface area contributed by atoms with Crippen molar-refractivity contribution in [3.63, 3.8) is 0 Å². The summed E-state index contributed by atoms with van der Waals surface area (Å²) in [5, 5.41) is 0. The van der Waals surface area contributed by atoms with Crippen LogP contribution >= 0.6 is 0 Å². The maximum atomic E-state index is 2.50. The molecule has 0 aliphatic heterocycles. The van der Waals surface area contributed by atoms with Gasteiger partial charge in [0.2, 0.25) is 0 Å². The molecule has 2 saturated carbocycles. The second-order valence-electron chi connectivity index (χ2n) is 5.87. The standard InChI is InChI=1S/C13H24/c1-3-13(8-5-9-13)11-10-12(2)6-4-7-12/h3-11H2,1-2H3. The molecule has 2 aliphatic carbocycles. The zero-order chi connectivity index (χ0) is 9.36. The first-order valence-corrected chi connectivity index (χ1v) is 6.18. The smallest absolute Gasteiger partial charge is 0.0300 e. The Kier molecular flexibility index (Phi) is 2.42. The van der Waals surface area contributed by atoms with Gasteiger partial charge in [0.15, 0.2) is 0 Å². The van der Waals surface area contributed by atoms with Crippen LogP contribution in [0.3, 0.4) is 0 Å². The van der Waals surface area contributed by atoms with E-state index < -0.39 is 0 Å². The van der Waals surface area contributed by atoms with Gasteiger partial charge in [0, 0.05) is 0 Å². The van der Waals surface area contributed by atoms with Crippen LogP contribution in [0.4, 0.5) is 0 Å². The zero-order valence-electron chi connectivity index (χ0n) is 9.36. The largest absolute Gasteiger partial charge is 0.0649 e. The monoisotopic (exact) mass is 180 g/mol. The van der Waals surface area contributed by atoms with Crippen molar-refractivity contribution in [3.05, 3.63) is 0 Å². The SMILES string of the molecule is CCC1(CCC2(C)CCC2)CCC1. The van der Waals surface area contributed by atoms with Crippen LogP contribution in [0.2, 0.25) is 0 Å². The molecule has 0 spiro atoms. The minimum absolute atomic E-state index is 0.762. The van der Waals surface area contributed by atoms with Gasteiger partial charge in [-0.15, -0.1) is 0 Å². The third-order valence-electron chi connectivity index (χ3n) is 4.98. The Hall–Kier alpha value is 0. The molecule has 0 aromatic rings. The molecular weight excluding hydrogens is 156 g/mol. The molecule has 2 rings (SSSR count). The first-order valence-electron chi connectivity index (χ1n) is 6.18. The molecule has 0 nitrogen and oxygen atoms in total. The van der Waals surface area contributed by atoms with Gasteiger partial charge >= 0.3 is 0 Å². The third kappa shape index (κ3) is 1.78. The average molecular weight is 180 g/mol. The minimum Gasteiger partial charge on any atom is -0.0649 e. The van der Waals surface area contributed by atoms with Gasteiger partial charge in [0.1, 0.15) is 0 Å². The van der Waals surface area contributed by atoms with Gasteiger partial charge in [-0.3, -0.25) is 0 Å². The fourth-order valence-corrected chi connectivity index (χ4v) is 3.05. The maximum Gasteiger partial charge on any atom is -0.0300 e. The summed E-state index contributed by atoms with van der Waals surface area (Å²) < 4.78 is 0. The Morgan fingerprint density at radius 2 is 1.54 bits per heavy atom. The highest BCUT2D eigenvalue weighted by atomic mass is 14.4. The van der Waals surface area contributed by atoms with Crippen molar-refractivity contribution in [2.24, 2.45) is 10.8 Å². The Balaban J connectivity index is 1.77. The molecule has 0 amide bonds. The van der Waals surface area contributed by atoms with E-state index in [1.54, 1.807) is 0 Å². The summed E-state index contributed by atoms with van der Waals surface area (Å²) in [4.78, 5) is 0. The molecule has 2 aliphatic rings. The first-order chi connectivity index (χ1) is 6.18. The van der Waals surface area contributed by atoms with Crippen molar-refractivity contribution in [2.45, 2.75) is 71.6 Å². The Bertz CT molecular complexity index is 167. The molecule has 0 radical (unpaired) electrons. The fourth-order valence-electron chi connectivity index (χ4n) is 3.05. The molecule has 0 heterocycles. The van der Waals surface area contributed by atoms with Crippen LogP contribution in [-0.4, -0.2) is 0 Å². The lowest BCUT2D eigenvalue weighted by molar-refractivity contribution is 0.0592. The van der Waals surface area contributed by atoms with Crippen molar-refractivity contribution in [1.29, 1.82) is 0 Å². The highest BCUT2D eigenvalue weighted by Gasteiger charge is 2.39. The molecule has 0 saturated heterocycles. The van der Waals surface area contributed by atoms with E-state index >= 15 is 0 Å². The van der Waals surface area contributed by atoms with Gasteiger partial charge in [0.05, 0.1) is 0 Å². The van der Waals surface area contributed by atoms with E-state index in [4.69, 9.17) is 0 Å². The van der Waals surface area contributed by atoms with Crippen molar-refractivity contribution in [3.8, 4) is 0 Å². The lowest BCUT2D eigenvalue weighted by atomic mass is 9.59. The van der Waals surface area contributed by atoms with Gasteiger partial charge in [-0.05, 0) is 49.4 Å². The molecule has 0 N–H and O–H groups in total. The lowest BCUT2D eigenvalue weighted by Crippen LogP contribution is -2.33. The normalized spacial score (nSPS) is 29.1. The number of rotatable bonds is 4. The summed E-state index contributed by atoms with van der Waals surface area (Å²) in [5.41, 5.74) is 1.57. The quantitative estimate of drug-likeness (QED) is 0.596. The molecule has 0 aromatic heterocycles. The number of hydrogen-bond acceptors (Lipinski definition) is 0. The summed E-state index contributed by atoms with van der Waals surface area (Å²) in [6, 6.07) is 0. The Morgan fingerprint density at radius 1 is 0.923 bits per heavy atom. The zero-order valence-corrected chi connectivity index (χ0v) is 9.36. The van der Waals surface area contributed by atoms with E-state index in [1.165, 1.54) is 57.8 Å². The van der Waals surface area contributed by atoms with Crippen LogP contribution in [0.25, 0.3) is 0 Å². The summed E-state index contributed by atoms with van der Waals surface area (Å²) in [6.45, 7) is 4.89. The fraction of sp³-hybridized carbons (Fsp3) is 1.00. The van der Waals surface area contributed by atoms with Gasteiger partial charge < -0.3 is 0 Å². The molecule has 0 aromatic carbocycles. The predicted octanol–water partition coefficient (Wildman–Crippen LogP) is 4.54.